The van der Waals surface area contributed by atoms with E-state index in [9.17, 15) is 4.79 Å². The highest BCUT2D eigenvalue weighted by molar-refractivity contribution is 8.01. The average molecular weight is 671 g/mol. The molecule has 2 unspecified atom stereocenters. The molecule has 2 aliphatic rings. The molecule has 7 nitrogen and oxygen atoms in total. The number of H-pyrrole nitrogens is 1. The van der Waals surface area contributed by atoms with Crippen molar-refractivity contribution >= 4 is 63.5 Å². The van der Waals surface area contributed by atoms with E-state index in [1.165, 1.54) is 11.8 Å². The van der Waals surface area contributed by atoms with Crippen LogP contribution in [0.3, 0.4) is 0 Å². The minimum atomic E-state index is -1.12. The summed E-state index contributed by atoms with van der Waals surface area (Å²) >= 11 is 14.1. The summed E-state index contributed by atoms with van der Waals surface area (Å²) in [5.41, 5.74) is 3.83. The summed E-state index contributed by atoms with van der Waals surface area (Å²) < 4.78 is -1.12. The van der Waals surface area contributed by atoms with E-state index in [1.54, 1.807) is 6.20 Å². The van der Waals surface area contributed by atoms with Gasteiger partial charge in [-0.25, -0.2) is 4.98 Å². The first-order valence-corrected chi connectivity index (χ1v) is 16.9. The van der Waals surface area contributed by atoms with Gasteiger partial charge < -0.3 is 19.7 Å². The van der Waals surface area contributed by atoms with Crippen LogP contribution < -0.4 is 4.90 Å². The lowest BCUT2D eigenvalue weighted by atomic mass is 9.90. The lowest BCUT2D eigenvalue weighted by molar-refractivity contribution is -0.135. The second kappa shape index (κ2) is 12.7. The monoisotopic (exact) mass is 669 g/mol. The fourth-order valence-corrected chi connectivity index (χ4v) is 8.41. The van der Waals surface area contributed by atoms with E-state index in [-0.39, 0.29) is 18.2 Å². The van der Waals surface area contributed by atoms with Crippen LogP contribution >= 0.6 is 35.0 Å². The van der Waals surface area contributed by atoms with Crippen molar-refractivity contribution in [1.29, 1.82) is 0 Å². The van der Waals surface area contributed by atoms with Crippen molar-refractivity contribution in [1.82, 2.24) is 19.8 Å². The Kier molecular flexibility index (Phi) is 8.44. The van der Waals surface area contributed by atoms with Crippen molar-refractivity contribution in [3.8, 4) is 0 Å². The summed E-state index contributed by atoms with van der Waals surface area (Å²) in [5.74, 6) is 0.807. The zero-order chi connectivity index (χ0) is 31.8. The molecule has 2 fully saturated rings. The van der Waals surface area contributed by atoms with Crippen molar-refractivity contribution < 1.29 is 9.59 Å². The van der Waals surface area contributed by atoms with Gasteiger partial charge in [0.1, 0.15) is 10.6 Å². The molecule has 0 radical (unpaired) electrons. The fraction of sp³-hybridized carbons (Fsp3) is 0.250. The Hall–Kier alpha value is -3.98. The lowest BCUT2D eigenvalue weighted by Crippen LogP contribution is -2.56. The van der Waals surface area contributed by atoms with Crippen molar-refractivity contribution in [2.24, 2.45) is 0 Å². The molecule has 234 valence electrons. The third kappa shape index (κ3) is 5.85. The van der Waals surface area contributed by atoms with E-state index in [1.807, 2.05) is 95.7 Å². The first-order valence-electron chi connectivity index (χ1n) is 15.3. The number of pyridine rings is 1. The Morgan fingerprint density at radius 3 is 2.41 bits per heavy atom. The van der Waals surface area contributed by atoms with Gasteiger partial charge in [-0.2, -0.15) is 0 Å². The fourth-order valence-electron chi connectivity index (χ4n) is 6.64. The largest absolute Gasteiger partial charge is 0.361 e. The van der Waals surface area contributed by atoms with E-state index in [2.05, 4.69) is 27.0 Å². The minimum absolute atomic E-state index is 0.0287. The predicted molar refractivity (Wildman–Crippen MR) is 185 cm³/mol. The van der Waals surface area contributed by atoms with Crippen molar-refractivity contribution in [2.75, 3.05) is 31.1 Å². The molecule has 2 amide bonds. The molecule has 0 aliphatic carbocycles. The number of fused-ring (bicyclic) bond motifs is 1. The quantitative estimate of drug-likeness (QED) is 0.194. The molecule has 2 aromatic heterocycles. The standard InChI is InChI=1S/C36H33Cl2N5O2S/c1-24-5-12-28(13-6-24)46-36(35(45)42-18-16-41(17-19-42)32-4-2-3-15-39-32)21-33(44)43(23-25-7-9-26(37)10-8-25)34(36)30-22-40-31-20-27(38)11-14-29(30)31/h2-15,20,22,34,40H,16-19,21,23H2,1H3. The summed E-state index contributed by atoms with van der Waals surface area (Å²) in [7, 11) is 0. The zero-order valence-corrected chi connectivity index (χ0v) is 27.7. The Balaban J connectivity index is 1.33. The van der Waals surface area contributed by atoms with Gasteiger partial charge >= 0.3 is 0 Å². The summed E-state index contributed by atoms with van der Waals surface area (Å²) in [5, 5.41) is 2.18. The second-order valence-electron chi connectivity index (χ2n) is 11.9. The maximum absolute atomic E-state index is 15.2. The summed E-state index contributed by atoms with van der Waals surface area (Å²) in [6, 6.07) is 26.8. The minimum Gasteiger partial charge on any atom is -0.361 e. The highest BCUT2D eigenvalue weighted by Crippen LogP contribution is 2.55. The number of piperazine rings is 1. The van der Waals surface area contributed by atoms with E-state index in [0.717, 1.165) is 38.3 Å². The van der Waals surface area contributed by atoms with Gasteiger partial charge in [0.25, 0.3) is 0 Å². The zero-order valence-electron chi connectivity index (χ0n) is 25.3. The number of hydrogen-bond acceptors (Lipinski definition) is 5. The Morgan fingerprint density at radius 1 is 0.957 bits per heavy atom. The number of nitrogens with zero attached hydrogens (tertiary/aromatic N) is 4. The van der Waals surface area contributed by atoms with Crippen molar-refractivity contribution in [3.63, 3.8) is 0 Å². The molecular formula is C36H33Cl2N5O2S. The highest BCUT2D eigenvalue weighted by atomic mass is 35.5. The molecule has 2 aliphatic heterocycles. The van der Waals surface area contributed by atoms with E-state index in [4.69, 9.17) is 23.2 Å². The SMILES string of the molecule is Cc1ccc(SC2(C(=O)N3CCN(c4ccccn4)CC3)CC(=O)N(Cc3ccc(Cl)cc3)C2c2c[nH]c3cc(Cl)ccc23)cc1. The molecule has 10 heteroatoms. The van der Waals surface area contributed by atoms with Crippen LogP contribution in [0.25, 0.3) is 10.9 Å². The number of aryl methyl sites for hydroxylation is 1. The van der Waals surface area contributed by atoms with E-state index in [0.29, 0.717) is 42.8 Å². The molecule has 46 heavy (non-hydrogen) atoms. The maximum Gasteiger partial charge on any atom is 0.242 e. The van der Waals surface area contributed by atoms with Gasteiger partial charge in [0.15, 0.2) is 0 Å². The van der Waals surface area contributed by atoms with Crippen LogP contribution in [-0.4, -0.2) is 62.5 Å². The molecule has 0 spiro atoms. The topological polar surface area (TPSA) is 72.5 Å². The molecule has 5 aromatic rings. The molecule has 1 N–H and O–H groups in total. The van der Waals surface area contributed by atoms with Gasteiger partial charge in [-0.05, 0) is 61.0 Å². The Morgan fingerprint density at radius 2 is 1.70 bits per heavy atom. The number of anilines is 1. The first-order chi connectivity index (χ1) is 22.3. The number of thioether (sulfide) groups is 1. The third-order valence-electron chi connectivity index (χ3n) is 8.95. The van der Waals surface area contributed by atoms with Crippen LogP contribution in [0.4, 0.5) is 5.82 Å². The number of benzene rings is 3. The lowest BCUT2D eigenvalue weighted by Gasteiger charge is -2.42. The van der Waals surface area contributed by atoms with Gasteiger partial charge in [-0.15, -0.1) is 11.8 Å². The molecule has 7 rings (SSSR count). The Labute approximate surface area is 282 Å². The number of aromatic nitrogens is 2. The molecule has 3 aromatic carbocycles. The van der Waals surface area contributed by atoms with Crippen LogP contribution in [0.5, 0.6) is 0 Å². The van der Waals surface area contributed by atoms with Gasteiger partial charge in [0.05, 0.1) is 12.5 Å². The number of aromatic amines is 1. The number of carbonyl (C=O) groups excluding carboxylic acids is 2. The highest BCUT2D eigenvalue weighted by Gasteiger charge is 2.59. The summed E-state index contributed by atoms with van der Waals surface area (Å²) in [6.45, 7) is 4.78. The van der Waals surface area contributed by atoms with Gasteiger partial charge in [-0.1, -0.05) is 65.2 Å². The molecule has 4 heterocycles. The van der Waals surface area contributed by atoms with Crippen LogP contribution in [0, 0.1) is 6.92 Å². The molecule has 0 saturated carbocycles. The molecular weight excluding hydrogens is 637 g/mol. The van der Waals surface area contributed by atoms with Crippen molar-refractivity contribution in [3.05, 3.63) is 124 Å². The molecule has 0 bridgehead atoms. The average Bonchev–Trinajstić information content (AvgIpc) is 3.60. The first kappa shape index (κ1) is 30.7. The number of likely N-dealkylation sites (tertiary alicyclic amines) is 1. The third-order valence-corrected chi connectivity index (χ3v) is 10.8. The molecule has 2 saturated heterocycles. The number of halogens is 2. The Bertz CT molecular complexity index is 1870. The van der Waals surface area contributed by atoms with Crippen LogP contribution in [0.1, 0.15) is 29.2 Å². The van der Waals surface area contributed by atoms with Crippen molar-refractivity contribution in [2.45, 2.75) is 35.6 Å². The number of hydrogen-bond donors (Lipinski definition) is 1. The van der Waals surface area contributed by atoms with Gasteiger partial charge in [0, 0.05) is 76.5 Å². The summed E-state index contributed by atoms with van der Waals surface area (Å²) in [4.78, 5) is 44.3. The number of rotatable bonds is 7. The smallest absolute Gasteiger partial charge is 0.242 e. The van der Waals surface area contributed by atoms with Gasteiger partial charge in [0.2, 0.25) is 11.8 Å². The van der Waals surface area contributed by atoms with Gasteiger partial charge in [-0.3, -0.25) is 9.59 Å². The number of amides is 2. The molecule has 2 atom stereocenters. The number of nitrogens with one attached hydrogen (secondary N) is 1. The normalized spacial score (nSPS) is 20.1. The number of carbonyl (C=O) groups is 2. The second-order valence-corrected chi connectivity index (χ2v) is 14.2. The maximum atomic E-state index is 15.2. The van der Waals surface area contributed by atoms with Crippen LogP contribution in [0.15, 0.2) is 102 Å². The predicted octanol–water partition coefficient (Wildman–Crippen LogP) is 7.53. The van der Waals surface area contributed by atoms with E-state index >= 15 is 4.79 Å². The van der Waals surface area contributed by atoms with Crippen LogP contribution in [-0.2, 0) is 16.1 Å². The summed E-state index contributed by atoms with van der Waals surface area (Å²) in [6.07, 6.45) is 3.80. The van der Waals surface area contributed by atoms with Crippen LogP contribution in [0.2, 0.25) is 10.0 Å². The van der Waals surface area contributed by atoms with E-state index < -0.39 is 10.8 Å².